The van der Waals surface area contributed by atoms with Crippen molar-refractivity contribution in [3.63, 3.8) is 0 Å². The second-order valence-electron chi connectivity index (χ2n) is 6.49. The predicted molar refractivity (Wildman–Crippen MR) is 101 cm³/mol. The van der Waals surface area contributed by atoms with Crippen LogP contribution in [0, 0.1) is 0 Å². The minimum atomic E-state index is 0.354. The van der Waals surface area contributed by atoms with Gasteiger partial charge >= 0.3 is 0 Å². The Balaban J connectivity index is 1.61. The molecule has 1 aliphatic heterocycles. The summed E-state index contributed by atoms with van der Waals surface area (Å²) in [4.78, 5) is 15.9. The molecule has 2 aromatic heterocycles. The van der Waals surface area contributed by atoms with Gasteiger partial charge in [0.25, 0.3) is 0 Å². The highest BCUT2D eigenvalue weighted by Crippen LogP contribution is 2.38. The molecule has 1 aliphatic rings. The number of anilines is 1. The Morgan fingerprint density at radius 2 is 1.76 bits per heavy atom. The summed E-state index contributed by atoms with van der Waals surface area (Å²) in [6, 6.07) is 19.7. The van der Waals surface area contributed by atoms with Crippen molar-refractivity contribution >= 4 is 27.8 Å². The zero-order valence-electron chi connectivity index (χ0n) is 13.8. The summed E-state index contributed by atoms with van der Waals surface area (Å²) in [7, 11) is 0. The lowest BCUT2D eigenvalue weighted by atomic mass is 9.97. The SMILES string of the molecule is c1ccc2c(C3CCCN3c3ccc4nccnc4n3)cccc2c1. The first-order chi connectivity index (χ1) is 12.4. The summed E-state index contributed by atoms with van der Waals surface area (Å²) in [5, 5.41) is 2.63. The molecule has 1 unspecified atom stereocenters. The van der Waals surface area contributed by atoms with E-state index in [4.69, 9.17) is 4.98 Å². The monoisotopic (exact) mass is 326 g/mol. The Hall–Kier alpha value is -3.01. The molecule has 1 atom stereocenters. The van der Waals surface area contributed by atoms with Gasteiger partial charge in [0.1, 0.15) is 11.3 Å². The van der Waals surface area contributed by atoms with Crippen LogP contribution in [-0.2, 0) is 0 Å². The summed E-state index contributed by atoms with van der Waals surface area (Å²) >= 11 is 0. The van der Waals surface area contributed by atoms with Crippen LogP contribution in [0.1, 0.15) is 24.4 Å². The predicted octanol–water partition coefficient (Wildman–Crippen LogP) is 4.52. The molecule has 4 aromatic rings. The minimum absolute atomic E-state index is 0.354. The van der Waals surface area contributed by atoms with Crippen molar-refractivity contribution < 1.29 is 0 Å². The summed E-state index contributed by atoms with van der Waals surface area (Å²) in [6.07, 6.45) is 5.73. The van der Waals surface area contributed by atoms with Crippen molar-refractivity contribution in [2.45, 2.75) is 18.9 Å². The van der Waals surface area contributed by atoms with Crippen LogP contribution >= 0.6 is 0 Å². The molecule has 122 valence electrons. The van der Waals surface area contributed by atoms with Gasteiger partial charge in [0.15, 0.2) is 5.65 Å². The molecule has 0 radical (unpaired) electrons. The van der Waals surface area contributed by atoms with Gasteiger partial charge in [-0.3, -0.25) is 4.98 Å². The van der Waals surface area contributed by atoms with E-state index in [2.05, 4.69) is 63.4 Å². The molecule has 5 rings (SSSR count). The van der Waals surface area contributed by atoms with E-state index in [1.54, 1.807) is 12.4 Å². The molecular formula is C21H18N4. The molecule has 1 fully saturated rings. The summed E-state index contributed by atoms with van der Waals surface area (Å²) in [5.74, 6) is 0.989. The van der Waals surface area contributed by atoms with E-state index in [0.29, 0.717) is 11.7 Å². The van der Waals surface area contributed by atoms with Crippen molar-refractivity contribution in [1.29, 1.82) is 0 Å². The standard InChI is InChI=1S/C21H18N4/c1-2-7-16-15(5-1)6-3-8-17(16)19-9-4-14-25(19)20-11-10-18-21(24-20)23-13-12-22-18/h1-3,5-8,10-13,19H,4,9,14H2. The summed E-state index contributed by atoms with van der Waals surface area (Å²) < 4.78 is 0. The second-order valence-corrected chi connectivity index (χ2v) is 6.49. The number of nitrogens with zero attached hydrogens (tertiary/aromatic N) is 4. The lowest BCUT2D eigenvalue weighted by molar-refractivity contribution is 0.718. The van der Waals surface area contributed by atoms with E-state index < -0.39 is 0 Å². The molecule has 0 N–H and O–H groups in total. The molecule has 0 saturated carbocycles. The molecule has 0 spiro atoms. The fourth-order valence-electron chi connectivity index (χ4n) is 3.91. The number of hydrogen-bond acceptors (Lipinski definition) is 4. The minimum Gasteiger partial charge on any atom is -0.349 e. The van der Waals surface area contributed by atoms with Crippen LogP contribution in [0.2, 0.25) is 0 Å². The molecule has 25 heavy (non-hydrogen) atoms. The second kappa shape index (κ2) is 5.81. The Labute approximate surface area is 146 Å². The van der Waals surface area contributed by atoms with Gasteiger partial charge in [-0.25, -0.2) is 9.97 Å². The van der Waals surface area contributed by atoms with Crippen molar-refractivity contribution in [2.24, 2.45) is 0 Å². The molecule has 3 heterocycles. The van der Waals surface area contributed by atoms with Crippen molar-refractivity contribution in [3.8, 4) is 0 Å². The highest BCUT2D eigenvalue weighted by molar-refractivity contribution is 5.86. The fraction of sp³-hybridized carbons (Fsp3) is 0.190. The summed E-state index contributed by atoms with van der Waals surface area (Å²) in [5.41, 5.74) is 2.94. The highest BCUT2D eigenvalue weighted by Gasteiger charge is 2.28. The van der Waals surface area contributed by atoms with E-state index in [1.807, 2.05) is 6.07 Å². The number of fused-ring (bicyclic) bond motifs is 2. The molecule has 1 saturated heterocycles. The third-order valence-corrected chi connectivity index (χ3v) is 5.05. The van der Waals surface area contributed by atoms with Gasteiger partial charge in [0.05, 0.1) is 6.04 Å². The van der Waals surface area contributed by atoms with Crippen molar-refractivity contribution in [3.05, 3.63) is 72.6 Å². The average Bonchev–Trinajstić information content (AvgIpc) is 3.17. The van der Waals surface area contributed by atoms with Crippen molar-refractivity contribution in [1.82, 2.24) is 15.0 Å². The molecule has 2 aromatic carbocycles. The molecule has 4 heteroatoms. The first-order valence-electron chi connectivity index (χ1n) is 8.72. The van der Waals surface area contributed by atoms with Crippen LogP contribution in [0.3, 0.4) is 0 Å². The smallest absolute Gasteiger partial charge is 0.180 e. The number of rotatable bonds is 2. The number of benzene rings is 2. The van der Waals surface area contributed by atoms with Gasteiger partial charge in [0.2, 0.25) is 0 Å². The van der Waals surface area contributed by atoms with Gasteiger partial charge in [-0.1, -0.05) is 42.5 Å². The van der Waals surface area contributed by atoms with E-state index >= 15 is 0 Å². The van der Waals surface area contributed by atoms with Gasteiger partial charge in [-0.05, 0) is 41.3 Å². The first-order valence-corrected chi connectivity index (χ1v) is 8.72. The maximum absolute atomic E-state index is 4.77. The Bertz CT molecular complexity index is 1050. The van der Waals surface area contributed by atoms with E-state index in [9.17, 15) is 0 Å². The number of aromatic nitrogens is 3. The topological polar surface area (TPSA) is 41.9 Å². The number of hydrogen-bond donors (Lipinski definition) is 0. The molecular weight excluding hydrogens is 308 g/mol. The third kappa shape index (κ3) is 2.41. The van der Waals surface area contributed by atoms with Gasteiger partial charge in [0, 0.05) is 18.9 Å². The third-order valence-electron chi connectivity index (χ3n) is 5.05. The van der Waals surface area contributed by atoms with Crippen LogP contribution in [0.5, 0.6) is 0 Å². The van der Waals surface area contributed by atoms with Crippen LogP contribution in [0.4, 0.5) is 5.82 Å². The van der Waals surface area contributed by atoms with Crippen LogP contribution in [0.15, 0.2) is 67.0 Å². The zero-order valence-corrected chi connectivity index (χ0v) is 13.8. The fourth-order valence-corrected chi connectivity index (χ4v) is 3.91. The highest BCUT2D eigenvalue weighted by atomic mass is 15.2. The van der Waals surface area contributed by atoms with E-state index in [0.717, 1.165) is 24.3 Å². The lowest BCUT2D eigenvalue weighted by Gasteiger charge is -2.27. The Morgan fingerprint density at radius 1 is 0.880 bits per heavy atom. The zero-order chi connectivity index (χ0) is 16.6. The van der Waals surface area contributed by atoms with Crippen LogP contribution < -0.4 is 4.90 Å². The van der Waals surface area contributed by atoms with Gasteiger partial charge < -0.3 is 4.90 Å². The average molecular weight is 326 g/mol. The largest absolute Gasteiger partial charge is 0.349 e. The first kappa shape index (κ1) is 14.3. The molecule has 0 aliphatic carbocycles. The maximum Gasteiger partial charge on any atom is 0.180 e. The molecule has 4 nitrogen and oxygen atoms in total. The van der Waals surface area contributed by atoms with E-state index in [1.165, 1.54) is 22.8 Å². The van der Waals surface area contributed by atoms with E-state index in [-0.39, 0.29) is 0 Å². The molecule has 0 amide bonds. The van der Waals surface area contributed by atoms with Crippen LogP contribution in [-0.4, -0.2) is 21.5 Å². The number of pyridine rings is 1. The maximum atomic E-state index is 4.77. The lowest BCUT2D eigenvalue weighted by Crippen LogP contribution is -2.23. The quantitative estimate of drug-likeness (QED) is 0.543. The Morgan fingerprint density at radius 3 is 2.76 bits per heavy atom. The van der Waals surface area contributed by atoms with Gasteiger partial charge in [-0.2, -0.15) is 0 Å². The van der Waals surface area contributed by atoms with Gasteiger partial charge in [-0.15, -0.1) is 0 Å². The van der Waals surface area contributed by atoms with Crippen molar-refractivity contribution in [2.75, 3.05) is 11.4 Å². The van der Waals surface area contributed by atoms with Crippen LogP contribution in [0.25, 0.3) is 21.9 Å². The normalized spacial score (nSPS) is 17.4. The molecule has 0 bridgehead atoms. The Kier molecular flexibility index (Phi) is 3.33. The summed E-state index contributed by atoms with van der Waals surface area (Å²) in [6.45, 7) is 1.02.